The van der Waals surface area contributed by atoms with Gasteiger partial charge in [0.25, 0.3) is 5.91 Å². The summed E-state index contributed by atoms with van der Waals surface area (Å²) in [5.41, 5.74) is 1.99. The van der Waals surface area contributed by atoms with Gasteiger partial charge in [-0.15, -0.1) is 0 Å². The molecule has 1 aromatic carbocycles. The summed E-state index contributed by atoms with van der Waals surface area (Å²) in [5.74, 6) is 1.48. The van der Waals surface area contributed by atoms with Gasteiger partial charge in [0.1, 0.15) is 23.1 Å². The standard InChI is InChI=1S/C20H21N5O2/c1-3-27-18-9-5-4-8-16(18)25-19-11-17(23-14(2)24-19)20(26)22-13-15-7-6-10-21-12-15/h4-12H,3,13H2,1-2H3,(H,22,26)(H,23,24,25). The van der Waals surface area contributed by atoms with Crippen molar-refractivity contribution in [3.63, 3.8) is 0 Å². The van der Waals surface area contributed by atoms with E-state index in [0.29, 0.717) is 30.5 Å². The summed E-state index contributed by atoms with van der Waals surface area (Å²) >= 11 is 0. The van der Waals surface area contributed by atoms with Crippen LogP contribution in [0.15, 0.2) is 54.9 Å². The average Bonchev–Trinajstić information content (AvgIpc) is 2.68. The number of hydrogen-bond donors (Lipinski definition) is 2. The number of anilines is 2. The maximum absolute atomic E-state index is 12.5. The van der Waals surface area contributed by atoms with Gasteiger partial charge in [-0.25, -0.2) is 9.97 Å². The van der Waals surface area contributed by atoms with Gasteiger partial charge < -0.3 is 15.4 Å². The van der Waals surface area contributed by atoms with Gasteiger partial charge in [0.2, 0.25) is 0 Å². The summed E-state index contributed by atoms with van der Waals surface area (Å²) in [7, 11) is 0. The van der Waals surface area contributed by atoms with Crippen molar-refractivity contribution in [2.45, 2.75) is 20.4 Å². The first-order valence-electron chi connectivity index (χ1n) is 8.67. The molecule has 0 saturated carbocycles. The Morgan fingerprint density at radius 3 is 2.78 bits per heavy atom. The summed E-state index contributed by atoms with van der Waals surface area (Å²) in [6.45, 7) is 4.61. The molecule has 1 amide bonds. The third-order valence-electron chi connectivity index (χ3n) is 3.70. The lowest BCUT2D eigenvalue weighted by Gasteiger charge is -2.13. The van der Waals surface area contributed by atoms with Crippen molar-refractivity contribution >= 4 is 17.4 Å². The number of carbonyl (C=O) groups is 1. The topological polar surface area (TPSA) is 89.0 Å². The molecule has 3 rings (SSSR count). The number of ether oxygens (including phenoxy) is 1. The summed E-state index contributed by atoms with van der Waals surface area (Å²) in [6.07, 6.45) is 3.40. The monoisotopic (exact) mass is 363 g/mol. The molecule has 2 N–H and O–H groups in total. The van der Waals surface area contributed by atoms with E-state index in [1.54, 1.807) is 25.4 Å². The summed E-state index contributed by atoms with van der Waals surface area (Å²) in [6, 6.07) is 12.9. The van der Waals surface area contributed by atoms with E-state index in [2.05, 4.69) is 25.6 Å². The molecule has 0 bridgehead atoms. The normalized spacial score (nSPS) is 10.3. The van der Waals surface area contributed by atoms with E-state index in [9.17, 15) is 4.79 Å². The highest BCUT2D eigenvalue weighted by molar-refractivity contribution is 5.93. The fraction of sp³-hybridized carbons (Fsp3) is 0.200. The average molecular weight is 363 g/mol. The molecule has 3 aromatic rings. The first-order valence-corrected chi connectivity index (χ1v) is 8.67. The van der Waals surface area contributed by atoms with Crippen molar-refractivity contribution in [3.05, 3.63) is 71.9 Å². The van der Waals surface area contributed by atoms with Gasteiger partial charge in [0, 0.05) is 25.0 Å². The Labute approximate surface area is 157 Å². The lowest BCUT2D eigenvalue weighted by Crippen LogP contribution is -2.24. The van der Waals surface area contributed by atoms with E-state index in [0.717, 1.165) is 17.0 Å². The number of rotatable bonds is 7. The highest BCUT2D eigenvalue weighted by atomic mass is 16.5. The molecule has 0 aliphatic heterocycles. The fourth-order valence-electron chi connectivity index (χ4n) is 2.51. The molecular weight excluding hydrogens is 342 g/mol. The van der Waals surface area contributed by atoms with Crippen LogP contribution in [0.5, 0.6) is 5.75 Å². The molecule has 2 heterocycles. The summed E-state index contributed by atoms with van der Waals surface area (Å²) in [5, 5.41) is 6.04. The summed E-state index contributed by atoms with van der Waals surface area (Å²) < 4.78 is 5.61. The highest BCUT2D eigenvalue weighted by Gasteiger charge is 2.12. The van der Waals surface area contributed by atoms with Crippen LogP contribution in [-0.4, -0.2) is 27.5 Å². The lowest BCUT2D eigenvalue weighted by atomic mass is 10.2. The van der Waals surface area contributed by atoms with E-state index in [4.69, 9.17) is 4.74 Å². The van der Waals surface area contributed by atoms with Crippen LogP contribution in [0.4, 0.5) is 11.5 Å². The third-order valence-corrected chi connectivity index (χ3v) is 3.70. The number of aryl methyl sites for hydroxylation is 1. The lowest BCUT2D eigenvalue weighted by molar-refractivity contribution is 0.0945. The minimum Gasteiger partial charge on any atom is -0.492 e. The van der Waals surface area contributed by atoms with Gasteiger partial charge in [0.05, 0.1) is 12.3 Å². The minimum absolute atomic E-state index is 0.273. The van der Waals surface area contributed by atoms with Crippen LogP contribution in [0.3, 0.4) is 0 Å². The number of para-hydroxylation sites is 2. The Balaban J connectivity index is 1.75. The Morgan fingerprint density at radius 2 is 2.00 bits per heavy atom. The highest BCUT2D eigenvalue weighted by Crippen LogP contribution is 2.26. The second-order valence-electron chi connectivity index (χ2n) is 5.78. The number of nitrogens with one attached hydrogen (secondary N) is 2. The van der Waals surface area contributed by atoms with Crippen molar-refractivity contribution in [3.8, 4) is 5.75 Å². The molecule has 2 aromatic heterocycles. The minimum atomic E-state index is -0.273. The van der Waals surface area contributed by atoms with E-state index in [-0.39, 0.29) is 5.91 Å². The van der Waals surface area contributed by atoms with E-state index < -0.39 is 0 Å². The van der Waals surface area contributed by atoms with Crippen LogP contribution in [0.2, 0.25) is 0 Å². The summed E-state index contributed by atoms with van der Waals surface area (Å²) in [4.78, 5) is 25.1. The van der Waals surface area contributed by atoms with Crippen molar-refractivity contribution in [2.75, 3.05) is 11.9 Å². The van der Waals surface area contributed by atoms with E-state index >= 15 is 0 Å². The number of carbonyl (C=O) groups excluding carboxylic acids is 1. The largest absolute Gasteiger partial charge is 0.492 e. The second kappa shape index (κ2) is 8.75. The van der Waals surface area contributed by atoms with Crippen molar-refractivity contribution in [2.24, 2.45) is 0 Å². The van der Waals surface area contributed by atoms with Crippen molar-refractivity contribution in [1.29, 1.82) is 0 Å². The van der Waals surface area contributed by atoms with Gasteiger partial charge in [-0.05, 0) is 37.6 Å². The predicted molar refractivity (Wildman–Crippen MR) is 103 cm³/mol. The molecule has 0 aliphatic carbocycles. The van der Waals surface area contributed by atoms with Crippen LogP contribution in [0, 0.1) is 6.92 Å². The third kappa shape index (κ3) is 5.01. The van der Waals surface area contributed by atoms with Gasteiger partial charge in [0.15, 0.2) is 0 Å². The fourth-order valence-corrected chi connectivity index (χ4v) is 2.51. The smallest absolute Gasteiger partial charge is 0.270 e. The van der Waals surface area contributed by atoms with Crippen LogP contribution in [-0.2, 0) is 6.54 Å². The number of aromatic nitrogens is 3. The number of pyridine rings is 1. The first-order chi connectivity index (χ1) is 13.2. The molecule has 0 fully saturated rings. The van der Waals surface area contributed by atoms with Crippen LogP contribution >= 0.6 is 0 Å². The molecule has 0 radical (unpaired) electrons. The molecule has 0 saturated heterocycles. The number of hydrogen-bond acceptors (Lipinski definition) is 6. The van der Waals surface area contributed by atoms with Crippen molar-refractivity contribution in [1.82, 2.24) is 20.3 Å². The molecule has 0 aliphatic rings. The molecular formula is C20H21N5O2. The first kappa shape index (κ1) is 18.3. The Kier molecular flexibility index (Phi) is 5.94. The number of benzene rings is 1. The van der Waals surface area contributed by atoms with Crippen molar-refractivity contribution < 1.29 is 9.53 Å². The maximum atomic E-state index is 12.5. The number of amides is 1. The van der Waals surface area contributed by atoms with E-state index in [1.807, 2.05) is 43.3 Å². The zero-order valence-electron chi connectivity index (χ0n) is 15.3. The Bertz CT molecular complexity index is 915. The molecule has 7 heteroatoms. The van der Waals surface area contributed by atoms with Gasteiger partial charge >= 0.3 is 0 Å². The van der Waals surface area contributed by atoms with Crippen LogP contribution in [0.25, 0.3) is 0 Å². The van der Waals surface area contributed by atoms with Gasteiger partial charge in [-0.3, -0.25) is 9.78 Å². The SMILES string of the molecule is CCOc1ccccc1Nc1cc(C(=O)NCc2cccnc2)nc(C)n1. The molecule has 27 heavy (non-hydrogen) atoms. The second-order valence-corrected chi connectivity index (χ2v) is 5.78. The Morgan fingerprint density at radius 1 is 1.15 bits per heavy atom. The number of nitrogens with zero attached hydrogens (tertiary/aromatic N) is 3. The quantitative estimate of drug-likeness (QED) is 0.670. The van der Waals surface area contributed by atoms with Gasteiger partial charge in [-0.1, -0.05) is 18.2 Å². The molecule has 0 spiro atoms. The van der Waals surface area contributed by atoms with E-state index in [1.165, 1.54) is 0 Å². The maximum Gasteiger partial charge on any atom is 0.270 e. The van der Waals surface area contributed by atoms with Crippen LogP contribution in [0.1, 0.15) is 28.8 Å². The Hall–Kier alpha value is -3.48. The molecule has 0 unspecified atom stereocenters. The van der Waals surface area contributed by atoms with Crippen LogP contribution < -0.4 is 15.4 Å². The zero-order chi connectivity index (χ0) is 19.1. The molecule has 0 atom stereocenters. The van der Waals surface area contributed by atoms with Gasteiger partial charge in [-0.2, -0.15) is 0 Å². The molecule has 138 valence electrons. The predicted octanol–water partition coefficient (Wildman–Crippen LogP) is 3.25. The zero-order valence-corrected chi connectivity index (χ0v) is 15.3. The molecule has 7 nitrogen and oxygen atoms in total.